The molecule has 6 nitrogen and oxygen atoms in total. The molecule has 4 rings (SSSR count). The average Bonchev–Trinajstić information content (AvgIpc) is 2.94. The van der Waals surface area contributed by atoms with Crippen molar-refractivity contribution in [2.24, 2.45) is 11.1 Å². The second kappa shape index (κ2) is 13.2. The van der Waals surface area contributed by atoms with Crippen LogP contribution in [0.25, 0.3) is 10.9 Å². The van der Waals surface area contributed by atoms with Gasteiger partial charge < -0.3 is 20.5 Å². The summed E-state index contributed by atoms with van der Waals surface area (Å²) in [7, 11) is 1.54. The van der Waals surface area contributed by atoms with Gasteiger partial charge in [-0.05, 0) is 80.1 Å². The van der Waals surface area contributed by atoms with Crippen LogP contribution in [0.3, 0.4) is 0 Å². The zero-order valence-corrected chi connectivity index (χ0v) is 23.1. The van der Waals surface area contributed by atoms with Gasteiger partial charge >= 0.3 is 5.97 Å². The second-order valence-electron chi connectivity index (χ2n) is 10.3. The Labute approximate surface area is 234 Å². The zero-order chi connectivity index (χ0) is 28.9. The average molecular weight is 580 g/mol. The van der Waals surface area contributed by atoms with Crippen LogP contribution in [0, 0.1) is 22.9 Å². The first-order valence-electron chi connectivity index (χ1n) is 13.2. The third-order valence-electron chi connectivity index (χ3n) is 7.74. The molecule has 0 radical (unpaired) electrons. The van der Waals surface area contributed by atoms with E-state index in [1.165, 1.54) is 18.9 Å². The molecule has 0 unspecified atom stereocenters. The maximum atomic E-state index is 15.9. The van der Waals surface area contributed by atoms with Gasteiger partial charge in [-0.2, -0.15) is 0 Å². The predicted octanol–water partition coefficient (Wildman–Crippen LogP) is 6.26. The van der Waals surface area contributed by atoms with Crippen molar-refractivity contribution in [3.8, 4) is 5.75 Å². The maximum Gasteiger partial charge on any atom is 0.303 e. The fourth-order valence-corrected chi connectivity index (χ4v) is 6.42. The van der Waals surface area contributed by atoms with Crippen molar-refractivity contribution in [2.45, 2.75) is 49.7 Å². The van der Waals surface area contributed by atoms with E-state index < -0.39 is 35.0 Å². The first-order chi connectivity index (χ1) is 19.1. The lowest BCUT2D eigenvalue weighted by atomic mass is 9.71. The Kier molecular flexibility index (Phi) is 9.91. The molecule has 1 aliphatic heterocycles. The van der Waals surface area contributed by atoms with Crippen molar-refractivity contribution in [2.75, 3.05) is 32.5 Å². The minimum atomic E-state index is -1.48. The molecule has 0 amide bonds. The van der Waals surface area contributed by atoms with Gasteiger partial charge in [-0.25, -0.2) is 17.6 Å². The number of carboxylic acids is 1. The summed E-state index contributed by atoms with van der Waals surface area (Å²) >= 11 is 1.22. The molecule has 2 aromatic carbocycles. The number of pyridine rings is 1. The molecule has 1 aliphatic rings. The molecule has 1 aromatic heterocycles. The molecule has 1 saturated heterocycles. The molecule has 216 valence electrons. The number of aliphatic carboxylic acids is 1. The second-order valence-corrected chi connectivity index (χ2v) is 11.4. The monoisotopic (exact) mass is 579 g/mol. The van der Waals surface area contributed by atoms with E-state index in [0.717, 1.165) is 12.1 Å². The van der Waals surface area contributed by atoms with Gasteiger partial charge in [0.05, 0.1) is 19.0 Å². The van der Waals surface area contributed by atoms with Gasteiger partial charge in [0.25, 0.3) is 0 Å². The van der Waals surface area contributed by atoms with E-state index in [4.69, 9.17) is 10.5 Å². The summed E-state index contributed by atoms with van der Waals surface area (Å²) < 4.78 is 61.4. The molecule has 1 atom stereocenters. The van der Waals surface area contributed by atoms with Crippen molar-refractivity contribution in [1.82, 2.24) is 9.88 Å². The molecule has 0 saturated carbocycles. The number of likely N-dealkylation sites (tertiary alicyclic amines) is 1. The van der Waals surface area contributed by atoms with Gasteiger partial charge in [0, 0.05) is 40.9 Å². The number of hydrogen-bond acceptors (Lipinski definition) is 6. The third kappa shape index (κ3) is 7.05. The molecule has 0 spiro atoms. The van der Waals surface area contributed by atoms with Gasteiger partial charge in [-0.3, -0.25) is 9.78 Å². The van der Waals surface area contributed by atoms with E-state index in [1.807, 2.05) is 0 Å². The number of carboxylic acid groups (broad SMARTS) is 1. The van der Waals surface area contributed by atoms with Crippen molar-refractivity contribution in [3.63, 3.8) is 0 Å². The number of fused-ring (bicyclic) bond motifs is 1. The summed E-state index contributed by atoms with van der Waals surface area (Å²) in [5.74, 6) is -3.73. The van der Waals surface area contributed by atoms with Crippen LogP contribution < -0.4 is 10.5 Å². The van der Waals surface area contributed by atoms with E-state index >= 15 is 4.39 Å². The molecular weight excluding hydrogens is 546 g/mol. The molecule has 40 heavy (non-hydrogen) atoms. The summed E-state index contributed by atoms with van der Waals surface area (Å²) in [6, 6.07) is 7.24. The number of nitrogens with two attached hydrogens (primary N) is 1. The topological polar surface area (TPSA) is 88.7 Å². The van der Waals surface area contributed by atoms with Crippen LogP contribution in [0.15, 0.2) is 41.4 Å². The summed E-state index contributed by atoms with van der Waals surface area (Å²) in [4.78, 5) is 18.6. The van der Waals surface area contributed by atoms with Crippen LogP contribution >= 0.6 is 11.8 Å². The summed E-state index contributed by atoms with van der Waals surface area (Å²) in [5, 5.41) is 10.3. The number of benzene rings is 2. The minimum Gasteiger partial charge on any atom is -0.497 e. The molecule has 2 heterocycles. The summed E-state index contributed by atoms with van der Waals surface area (Å²) in [6.07, 6.45) is 1.91. The Balaban J connectivity index is 1.40. The number of nitrogens with zero attached hydrogens (tertiary/aromatic N) is 2. The van der Waals surface area contributed by atoms with Crippen LogP contribution in [-0.4, -0.2) is 53.5 Å². The Morgan fingerprint density at radius 2 is 1.90 bits per heavy atom. The normalized spacial score (nSPS) is 16.2. The molecule has 3 aromatic rings. The highest BCUT2D eigenvalue weighted by Gasteiger charge is 2.37. The summed E-state index contributed by atoms with van der Waals surface area (Å²) in [5.41, 5.74) is 7.08. The van der Waals surface area contributed by atoms with Crippen molar-refractivity contribution in [1.29, 1.82) is 0 Å². The van der Waals surface area contributed by atoms with Crippen LogP contribution in [0.5, 0.6) is 5.75 Å². The smallest absolute Gasteiger partial charge is 0.303 e. The van der Waals surface area contributed by atoms with Crippen LogP contribution in [0.4, 0.5) is 17.6 Å². The first-order valence-corrected chi connectivity index (χ1v) is 14.1. The lowest BCUT2D eigenvalue weighted by molar-refractivity contribution is -0.141. The number of aromatic nitrogens is 1. The predicted molar refractivity (Wildman–Crippen MR) is 147 cm³/mol. The SMILES string of the molecule is COc1ccc2ncc(CN)c([C@H](F)CCC3(CC(=O)O)CCN(CCSc4cc(F)c(F)c(F)c4)CC3)c2c1. The molecule has 11 heteroatoms. The van der Waals surface area contributed by atoms with E-state index in [0.29, 0.717) is 77.3 Å². The Morgan fingerprint density at radius 1 is 1.20 bits per heavy atom. The zero-order valence-electron chi connectivity index (χ0n) is 22.3. The molecule has 1 fully saturated rings. The lowest BCUT2D eigenvalue weighted by Crippen LogP contribution is -2.42. The van der Waals surface area contributed by atoms with Crippen LogP contribution in [-0.2, 0) is 11.3 Å². The number of piperidine rings is 1. The van der Waals surface area contributed by atoms with Crippen molar-refractivity contribution in [3.05, 3.63) is 65.1 Å². The number of rotatable bonds is 12. The Hall–Kier alpha value is -2.89. The van der Waals surface area contributed by atoms with E-state index in [9.17, 15) is 23.1 Å². The van der Waals surface area contributed by atoms with E-state index in [-0.39, 0.29) is 19.4 Å². The Bertz CT molecular complexity index is 1320. The third-order valence-corrected chi connectivity index (χ3v) is 8.69. The van der Waals surface area contributed by atoms with Gasteiger partial charge in [0.15, 0.2) is 17.5 Å². The minimum absolute atomic E-state index is 0.0505. The maximum absolute atomic E-state index is 15.9. The number of ether oxygens (including phenoxy) is 1. The number of methoxy groups -OCH3 is 1. The molecule has 0 aliphatic carbocycles. The van der Waals surface area contributed by atoms with Gasteiger partial charge in [-0.15, -0.1) is 11.8 Å². The number of hydrogen-bond donors (Lipinski definition) is 2. The first kappa shape index (κ1) is 30.1. The highest BCUT2D eigenvalue weighted by Crippen LogP contribution is 2.43. The van der Waals surface area contributed by atoms with E-state index in [1.54, 1.807) is 24.4 Å². The largest absolute Gasteiger partial charge is 0.497 e. The van der Waals surface area contributed by atoms with Crippen LogP contribution in [0.1, 0.15) is 49.4 Å². The lowest BCUT2D eigenvalue weighted by Gasteiger charge is -2.41. The fraction of sp³-hybridized carbons (Fsp3) is 0.448. The summed E-state index contributed by atoms with van der Waals surface area (Å²) in [6.45, 7) is 1.99. The van der Waals surface area contributed by atoms with Gasteiger partial charge in [0.1, 0.15) is 11.9 Å². The Morgan fingerprint density at radius 3 is 2.52 bits per heavy atom. The molecular formula is C29H33F4N3O3S. The highest BCUT2D eigenvalue weighted by atomic mass is 32.2. The molecule has 3 N–H and O–H groups in total. The van der Waals surface area contributed by atoms with Crippen molar-refractivity contribution >= 4 is 28.6 Å². The van der Waals surface area contributed by atoms with E-state index in [2.05, 4.69) is 9.88 Å². The standard InChI is InChI=1S/C29H33F4N3O3S/c1-39-19-2-3-25-21(12-19)27(18(16-34)17-35-25)22(30)4-5-29(15-26(37)38)6-8-36(9-7-29)10-11-40-20-13-23(31)28(33)24(32)14-20/h2-3,12-14,17,22H,4-11,15-16,34H2,1H3,(H,37,38)/t22-/m1/s1. The number of halogens is 4. The quantitative estimate of drug-likeness (QED) is 0.149. The number of alkyl halides is 1. The molecule has 0 bridgehead atoms. The fourth-order valence-electron chi connectivity index (χ4n) is 5.47. The van der Waals surface area contributed by atoms with Gasteiger partial charge in [-0.1, -0.05) is 0 Å². The van der Waals surface area contributed by atoms with Crippen LogP contribution in [0.2, 0.25) is 0 Å². The number of carbonyl (C=O) groups is 1. The highest BCUT2D eigenvalue weighted by molar-refractivity contribution is 7.99. The van der Waals surface area contributed by atoms with Crippen molar-refractivity contribution < 1.29 is 32.2 Å². The van der Waals surface area contributed by atoms with Gasteiger partial charge in [0.2, 0.25) is 0 Å². The number of thioether (sulfide) groups is 1.